The van der Waals surface area contributed by atoms with Gasteiger partial charge in [-0.3, -0.25) is 4.79 Å². The molecule has 1 saturated heterocycles. The van der Waals surface area contributed by atoms with Gasteiger partial charge in [0.15, 0.2) is 0 Å². The van der Waals surface area contributed by atoms with Crippen molar-refractivity contribution in [3.8, 4) is 0 Å². The molecule has 3 nitrogen and oxygen atoms in total. The third-order valence-electron chi connectivity index (χ3n) is 4.74. The average Bonchev–Trinajstić information content (AvgIpc) is 2.70. The van der Waals surface area contributed by atoms with Crippen LogP contribution in [0.15, 0.2) is 24.3 Å². The molecule has 2 unspecified atom stereocenters. The molecule has 0 aliphatic carbocycles. The van der Waals surface area contributed by atoms with Crippen LogP contribution in [0.2, 0.25) is 0 Å². The lowest BCUT2D eigenvalue weighted by molar-refractivity contribution is -0.136. The van der Waals surface area contributed by atoms with Crippen molar-refractivity contribution in [3.05, 3.63) is 35.4 Å². The van der Waals surface area contributed by atoms with Gasteiger partial charge in [0.2, 0.25) is 5.91 Å². The molecule has 0 saturated carbocycles. The molecule has 1 fully saturated rings. The van der Waals surface area contributed by atoms with E-state index in [2.05, 4.69) is 41.4 Å². The van der Waals surface area contributed by atoms with E-state index in [4.69, 9.17) is 0 Å². The van der Waals surface area contributed by atoms with E-state index in [9.17, 15) is 4.79 Å². The smallest absolute Gasteiger partial charge is 0.226 e. The molecule has 0 bridgehead atoms. The minimum absolute atomic E-state index is 0.187. The summed E-state index contributed by atoms with van der Waals surface area (Å²) in [6, 6.07) is 9.17. The van der Waals surface area contributed by atoms with Crippen molar-refractivity contribution in [1.82, 2.24) is 10.2 Å². The Morgan fingerprint density at radius 1 is 1.15 bits per heavy atom. The van der Waals surface area contributed by atoms with Gasteiger partial charge in [0.1, 0.15) is 0 Å². The van der Waals surface area contributed by atoms with E-state index < -0.39 is 0 Å². The highest BCUT2D eigenvalue weighted by Gasteiger charge is 2.28. The summed E-state index contributed by atoms with van der Waals surface area (Å²) < 4.78 is 0. The predicted molar refractivity (Wildman–Crippen MR) is 80.6 cm³/mol. The first kappa shape index (κ1) is 13.6. The number of hydrogen-bond acceptors (Lipinski definition) is 2. The minimum atomic E-state index is 0.187. The van der Waals surface area contributed by atoms with Crippen LogP contribution in [0, 0.1) is 5.92 Å². The molecule has 2 heterocycles. The summed E-state index contributed by atoms with van der Waals surface area (Å²) >= 11 is 0. The highest BCUT2D eigenvalue weighted by Crippen LogP contribution is 2.20. The Labute approximate surface area is 121 Å². The Hall–Kier alpha value is -1.35. The molecule has 0 aromatic heterocycles. The zero-order valence-electron chi connectivity index (χ0n) is 12.3. The maximum Gasteiger partial charge on any atom is 0.226 e. The minimum Gasteiger partial charge on any atom is -0.342 e. The number of amides is 1. The van der Waals surface area contributed by atoms with E-state index in [1.807, 2.05) is 0 Å². The quantitative estimate of drug-likeness (QED) is 0.848. The number of hydrogen-bond donors (Lipinski definition) is 1. The summed E-state index contributed by atoms with van der Waals surface area (Å²) in [6.07, 6.45) is 4.15. The van der Waals surface area contributed by atoms with Gasteiger partial charge in [0.05, 0.1) is 5.92 Å². The summed E-state index contributed by atoms with van der Waals surface area (Å²) in [7, 11) is 0. The van der Waals surface area contributed by atoms with E-state index in [1.165, 1.54) is 11.1 Å². The first-order chi connectivity index (χ1) is 9.74. The topological polar surface area (TPSA) is 32.3 Å². The number of carbonyl (C=O) groups excluding carboxylic acids is 1. The Morgan fingerprint density at radius 2 is 1.80 bits per heavy atom. The lowest BCUT2D eigenvalue weighted by Crippen LogP contribution is -2.46. The summed E-state index contributed by atoms with van der Waals surface area (Å²) in [5.74, 6) is 0.546. The number of carbonyl (C=O) groups is 1. The lowest BCUT2D eigenvalue weighted by Gasteiger charge is -2.31. The first-order valence-corrected chi connectivity index (χ1v) is 7.83. The van der Waals surface area contributed by atoms with Gasteiger partial charge in [0.25, 0.3) is 0 Å². The molecule has 108 valence electrons. The Balaban J connectivity index is 1.63. The second-order valence-electron chi connectivity index (χ2n) is 6.18. The van der Waals surface area contributed by atoms with Crippen molar-refractivity contribution < 1.29 is 4.79 Å². The maximum atomic E-state index is 12.6. The van der Waals surface area contributed by atoms with Crippen LogP contribution >= 0.6 is 0 Å². The van der Waals surface area contributed by atoms with Crippen molar-refractivity contribution in [3.63, 3.8) is 0 Å². The lowest BCUT2D eigenvalue weighted by atomic mass is 9.94. The number of fused-ring (bicyclic) bond motifs is 1. The third kappa shape index (κ3) is 2.88. The number of piperidine rings is 1. The Bertz CT molecular complexity index is 451. The van der Waals surface area contributed by atoms with E-state index in [0.717, 1.165) is 45.3 Å². The summed E-state index contributed by atoms with van der Waals surface area (Å²) in [6.45, 7) is 4.80. The van der Waals surface area contributed by atoms with Gasteiger partial charge in [-0.05, 0) is 43.7 Å². The highest BCUT2D eigenvalue weighted by molar-refractivity contribution is 5.79. The first-order valence-electron chi connectivity index (χ1n) is 7.83. The molecule has 2 aliphatic rings. The predicted octanol–water partition coefficient (Wildman–Crippen LogP) is 2.00. The zero-order chi connectivity index (χ0) is 13.9. The second kappa shape index (κ2) is 5.96. The van der Waals surface area contributed by atoms with Crippen molar-refractivity contribution in [2.45, 2.75) is 38.6 Å². The molecule has 0 radical (unpaired) electrons. The summed E-state index contributed by atoms with van der Waals surface area (Å²) in [5.41, 5.74) is 2.83. The Kier molecular flexibility index (Phi) is 4.06. The maximum absolute atomic E-state index is 12.6. The molecule has 0 spiro atoms. The Morgan fingerprint density at radius 3 is 2.35 bits per heavy atom. The van der Waals surface area contributed by atoms with Crippen LogP contribution < -0.4 is 5.32 Å². The van der Waals surface area contributed by atoms with Gasteiger partial charge in [0, 0.05) is 25.7 Å². The molecule has 1 aromatic carbocycles. The van der Waals surface area contributed by atoms with Gasteiger partial charge < -0.3 is 10.2 Å². The van der Waals surface area contributed by atoms with Crippen LogP contribution in [-0.2, 0) is 17.6 Å². The molecule has 1 aromatic rings. The van der Waals surface area contributed by atoms with Crippen LogP contribution in [0.5, 0.6) is 0 Å². The second-order valence-corrected chi connectivity index (χ2v) is 6.18. The fourth-order valence-corrected chi connectivity index (χ4v) is 3.36. The number of rotatable bonds is 1. The van der Waals surface area contributed by atoms with Crippen LogP contribution in [0.25, 0.3) is 0 Å². The SMILES string of the molecule is CC1CCC(C(=O)N2CCc3ccccc3CC2)CN1. The molecule has 1 N–H and O–H groups in total. The van der Waals surface area contributed by atoms with Crippen molar-refractivity contribution in [2.24, 2.45) is 5.92 Å². The van der Waals surface area contributed by atoms with Crippen LogP contribution in [0.4, 0.5) is 0 Å². The molecule has 2 atom stereocenters. The molecule has 2 aliphatic heterocycles. The third-order valence-corrected chi connectivity index (χ3v) is 4.74. The normalized spacial score (nSPS) is 26.8. The monoisotopic (exact) mass is 272 g/mol. The molecule has 20 heavy (non-hydrogen) atoms. The number of nitrogens with zero attached hydrogens (tertiary/aromatic N) is 1. The molecule has 3 rings (SSSR count). The zero-order valence-corrected chi connectivity index (χ0v) is 12.3. The van der Waals surface area contributed by atoms with Gasteiger partial charge in [-0.25, -0.2) is 0 Å². The summed E-state index contributed by atoms with van der Waals surface area (Å²) in [5, 5.41) is 3.44. The fraction of sp³-hybridized carbons (Fsp3) is 0.588. The van der Waals surface area contributed by atoms with Gasteiger partial charge in [-0.1, -0.05) is 24.3 Å². The fourth-order valence-electron chi connectivity index (χ4n) is 3.36. The highest BCUT2D eigenvalue weighted by atomic mass is 16.2. The van der Waals surface area contributed by atoms with Gasteiger partial charge in [-0.15, -0.1) is 0 Å². The van der Waals surface area contributed by atoms with Gasteiger partial charge in [-0.2, -0.15) is 0 Å². The molecular weight excluding hydrogens is 248 g/mol. The van der Waals surface area contributed by atoms with E-state index in [1.54, 1.807) is 0 Å². The van der Waals surface area contributed by atoms with Gasteiger partial charge >= 0.3 is 0 Å². The summed E-state index contributed by atoms with van der Waals surface area (Å²) in [4.78, 5) is 14.7. The average molecular weight is 272 g/mol. The number of nitrogens with one attached hydrogen (secondary N) is 1. The van der Waals surface area contributed by atoms with Crippen LogP contribution in [0.1, 0.15) is 30.9 Å². The number of benzene rings is 1. The van der Waals surface area contributed by atoms with Crippen molar-refractivity contribution in [2.75, 3.05) is 19.6 Å². The van der Waals surface area contributed by atoms with Crippen LogP contribution in [-0.4, -0.2) is 36.5 Å². The standard InChI is InChI=1S/C17H24N2O/c1-13-6-7-16(12-18-13)17(20)19-10-8-14-4-2-3-5-15(14)9-11-19/h2-5,13,16,18H,6-12H2,1H3. The van der Waals surface area contributed by atoms with E-state index in [-0.39, 0.29) is 5.92 Å². The van der Waals surface area contributed by atoms with E-state index in [0.29, 0.717) is 11.9 Å². The van der Waals surface area contributed by atoms with Crippen molar-refractivity contribution >= 4 is 5.91 Å². The molecule has 1 amide bonds. The largest absolute Gasteiger partial charge is 0.342 e. The molecule has 3 heteroatoms. The molecular formula is C17H24N2O. The van der Waals surface area contributed by atoms with Crippen molar-refractivity contribution in [1.29, 1.82) is 0 Å². The van der Waals surface area contributed by atoms with Crippen LogP contribution in [0.3, 0.4) is 0 Å². The van der Waals surface area contributed by atoms with E-state index >= 15 is 0 Å².